The topological polar surface area (TPSA) is 49.4 Å². The third-order valence-corrected chi connectivity index (χ3v) is 6.45. The molecule has 0 radical (unpaired) electrons. The van der Waals surface area contributed by atoms with E-state index in [1.54, 1.807) is 48.5 Å². The van der Waals surface area contributed by atoms with Gasteiger partial charge in [0.15, 0.2) is 0 Å². The van der Waals surface area contributed by atoms with E-state index >= 15 is 0 Å². The molecule has 1 fully saturated rings. The first kappa shape index (κ1) is 24.5. The zero-order valence-electron chi connectivity index (χ0n) is 19.2. The van der Waals surface area contributed by atoms with Crippen LogP contribution >= 0.6 is 0 Å². The van der Waals surface area contributed by atoms with Crippen molar-refractivity contribution in [1.29, 1.82) is 0 Å². The van der Waals surface area contributed by atoms with Gasteiger partial charge in [-0.3, -0.25) is 14.5 Å². The first-order valence-corrected chi connectivity index (χ1v) is 11.8. The number of carbonyl (C=O) groups excluding carboxylic acids is 2. The van der Waals surface area contributed by atoms with E-state index in [-0.39, 0.29) is 5.91 Å². The fraction of sp³-hybridized carbons (Fsp3) is 0.286. The SMILES string of the molecule is O=CN(c1cccc(C(=O)NCC2CCCCC2)c1)c1ccccc1-c1ccc(C(F)(F)F)cc1. The lowest BCUT2D eigenvalue weighted by molar-refractivity contribution is -0.137. The minimum atomic E-state index is -4.43. The van der Waals surface area contributed by atoms with Crippen molar-refractivity contribution in [3.8, 4) is 11.1 Å². The van der Waals surface area contributed by atoms with Crippen LogP contribution in [0.5, 0.6) is 0 Å². The number of amides is 2. The van der Waals surface area contributed by atoms with E-state index in [0.717, 1.165) is 25.0 Å². The molecule has 3 aromatic rings. The molecule has 3 aromatic carbocycles. The number of anilines is 2. The Morgan fingerprint density at radius 2 is 1.66 bits per heavy atom. The molecule has 4 rings (SSSR count). The van der Waals surface area contributed by atoms with Crippen LogP contribution in [-0.2, 0) is 11.0 Å². The van der Waals surface area contributed by atoms with Crippen molar-refractivity contribution >= 4 is 23.7 Å². The van der Waals surface area contributed by atoms with Crippen LogP contribution in [0.2, 0.25) is 0 Å². The zero-order valence-corrected chi connectivity index (χ0v) is 19.2. The molecular formula is C28H27F3N2O2. The number of benzene rings is 3. The number of nitrogens with one attached hydrogen (secondary N) is 1. The largest absolute Gasteiger partial charge is 0.416 e. The number of alkyl halides is 3. The predicted molar refractivity (Wildman–Crippen MR) is 130 cm³/mol. The van der Waals surface area contributed by atoms with Crippen LogP contribution in [0.25, 0.3) is 11.1 Å². The molecule has 1 aliphatic carbocycles. The molecule has 0 saturated heterocycles. The maximum atomic E-state index is 13.0. The summed E-state index contributed by atoms with van der Waals surface area (Å²) in [5, 5.41) is 3.01. The van der Waals surface area contributed by atoms with Gasteiger partial charge in [-0.25, -0.2) is 0 Å². The van der Waals surface area contributed by atoms with Gasteiger partial charge in [0.05, 0.1) is 11.3 Å². The fourth-order valence-corrected chi connectivity index (χ4v) is 4.55. The maximum absolute atomic E-state index is 13.0. The molecule has 1 saturated carbocycles. The van der Waals surface area contributed by atoms with Crippen molar-refractivity contribution in [3.63, 3.8) is 0 Å². The normalized spacial score (nSPS) is 14.4. The van der Waals surface area contributed by atoms with Gasteiger partial charge in [0.25, 0.3) is 5.91 Å². The Labute approximate surface area is 202 Å². The van der Waals surface area contributed by atoms with Crippen LogP contribution in [0.15, 0.2) is 72.8 Å². The Morgan fingerprint density at radius 1 is 0.943 bits per heavy atom. The molecule has 4 nitrogen and oxygen atoms in total. The summed E-state index contributed by atoms with van der Waals surface area (Å²) in [6, 6.07) is 18.6. The van der Waals surface area contributed by atoms with Crippen molar-refractivity contribution in [1.82, 2.24) is 5.32 Å². The lowest BCUT2D eigenvalue weighted by Crippen LogP contribution is -2.30. The number of rotatable bonds is 7. The third kappa shape index (κ3) is 5.91. The average molecular weight is 481 g/mol. The smallest absolute Gasteiger partial charge is 0.352 e. The molecule has 0 unspecified atom stereocenters. The van der Waals surface area contributed by atoms with Crippen LogP contribution in [-0.4, -0.2) is 18.9 Å². The van der Waals surface area contributed by atoms with Crippen LogP contribution in [0.3, 0.4) is 0 Å². The highest BCUT2D eigenvalue weighted by Crippen LogP contribution is 2.36. The van der Waals surface area contributed by atoms with E-state index < -0.39 is 11.7 Å². The van der Waals surface area contributed by atoms with Crippen LogP contribution in [0, 0.1) is 5.92 Å². The second-order valence-electron chi connectivity index (χ2n) is 8.83. The fourth-order valence-electron chi connectivity index (χ4n) is 4.55. The summed E-state index contributed by atoms with van der Waals surface area (Å²) < 4.78 is 38.9. The summed E-state index contributed by atoms with van der Waals surface area (Å²) in [6.45, 7) is 0.636. The van der Waals surface area contributed by atoms with E-state index in [1.807, 2.05) is 0 Å². The highest BCUT2D eigenvalue weighted by molar-refractivity contribution is 5.98. The summed E-state index contributed by atoms with van der Waals surface area (Å²) in [4.78, 5) is 26.3. The predicted octanol–water partition coefficient (Wildman–Crippen LogP) is 6.98. The van der Waals surface area contributed by atoms with E-state index in [2.05, 4.69) is 5.32 Å². The molecule has 0 aromatic heterocycles. The summed E-state index contributed by atoms with van der Waals surface area (Å²) >= 11 is 0. The Kier molecular flexibility index (Phi) is 7.54. The minimum Gasteiger partial charge on any atom is -0.352 e. The zero-order chi connectivity index (χ0) is 24.8. The van der Waals surface area contributed by atoms with Gasteiger partial charge >= 0.3 is 6.18 Å². The molecule has 0 heterocycles. The first-order valence-electron chi connectivity index (χ1n) is 11.8. The Morgan fingerprint density at radius 3 is 2.34 bits per heavy atom. The molecule has 182 valence electrons. The van der Waals surface area contributed by atoms with Crippen molar-refractivity contribution in [3.05, 3.63) is 83.9 Å². The van der Waals surface area contributed by atoms with E-state index in [0.29, 0.717) is 46.9 Å². The van der Waals surface area contributed by atoms with Gasteiger partial charge in [-0.1, -0.05) is 55.7 Å². The van der Waals surface area contributed by atoms with Crippen LogP contribution in [0.1, 0.15) is 48.0 Å². The Bertz CT molecular complexity index is 1170. The number of hydrogen-bond acceptors (Lipinski definition) is 2. The number of hydrogen-bond donors (Lipinski definition) is 1. The van der Waals surface area contributed by atoms with Gasteiger partial charge < -0.3 is 5.32 Å². The van der Waals surface area contributed by atoms with Gasteiger partial charge in [-0.2, -0.15) is 13.2 Å². The Balaban J connectivity index is 1.58. The number of nitrogens with zero attached hydrogens (tertiary/aromatic N) is 1. The van der Waals surface area contributed by atoms with Crippen molar-refractivity contribution < 1.29 is 22.8 Å². The molecule has 35 heavy (non-hydrogen) atoms. The maximum Gasteiger partial charge on any atom is 0.416 e. The number of carbonyl (C=O) groups is 2. The van der Waals surface area contributed by atoms with Gasteiger partial charge in [0.1, 0.15) is 0 Å². The average Bonchev–Trinajstić information content (AvgIpc) is 2.88. The molecule has 1 aliphatic rings. The standard InChI is InChI=1S/C28H27F3N2O2/c29-28(30,31)23-15-13-21(14-16-23)25-11-4-5-12-26(25)33(19-34)24-10-6-9-22(17-24)27(35)32-18-20-7-2-1-3-8-20/h4-6,9-17,19-20H,1-3,7-8,18H2,(H,32,35). The highest BCUT2D eigenvalue weighted by Gasteiger charge is 2.30. The second kappa shape index (κ2) is 10.8. The van der Waals surface area contributed by atoms with Crippen molar-refractivity contribution in [2.45, 2.75) is 38.3 Å². The minimum absolute atomic E-state index is 0.195. The molecule has 1 N–H and O–H groups in total. The first-order chi connectivity index (χ1) is 16.9. The van der Waals surface area contributed by atoms with E-state index in [9.17, 15) is 22.8 Å². The second-order valence-corrected chi connectivity index (χ2v) is 8.83. The lowest BCUT2D eigenvalue weighted by Gasteiger charge is -2.23. The summed E-state index contributed by atoms with van der Waals surface area (Å²) in [5.74, 6) is 0.303. The van der Waals surface area contributed by atoms with Crippen LogP contribution < -0.4 is 10.2 Å². The summed E-state index contributed by atoms with van der Waals surface area (Å²) in [6.07, 6.45) is 2.11. The molecule has 0 bridgehead atoms. The van der Waals surface area contributed by atoms with Gasteiger partial charge in [0.2, 0.25) is 6.41 Å². The Hall–Kier alpha value is -3.61. The van der Waals surface area contributed by atoms with Gasteiger partial charge in [0, 0.05) is 23.4 Å². The lowest BCUT2D eigenvalue weighted by atomic mass is 9.89. The third-order valence-electron chi connectivity index (χ3n) is 6.45. The molecule has 0 spiro atoms. The molecule has 2 amide bonds. The van der Waals surface area contributed by atoms with E-state index in [4.69, 9.17) is 0 Å². The molecular weight excluding hydrogens is 453 g/mol. The summed E-state index contributed by atoms with van der Waals surface area (Å²) in [7, 11) is 0. The number of para-hydroxylation sites is 1. The van der Waals surface area contributed by atoms with Gasteiger partial charge in [-0.15, -0.1) is 0 Å². The van der Waals surface area contributed by atoms with E-state index in [1.165, 1.54) is 36.3 Å². The monoisotopic (exact) mass is 480 g/mol. The van der Waals surface area contributed by atoms with Crippen molar-refractivity contribution in [2.24, 2.45) is 5.92 Å². The number of halogens is 3. The summed E-state index contributed by atoms with van der Waals surface area (Å²) in [5.41, 5.74) is 1.84. The highest BCUT2D eigenvalue weighted by atomic mass is 19.4. The van der Waals surface area contributed by atoms with Crippen molar-refractivity contribution in [2.75, 3.05) is 11.4 Å². The van der Waals surface area contributed by atoms with Crippen LogP contribution in [0.4, 0.5) is 24.5 Å². The van der Waals surface area contributed by atoms with Gasteiger partial charge in [-0.05, 0) is 60.7 Å². The molecule has 7 heteroatoms. The molecule has 0 atom stereocenters. The molecule has 0 aliphatic heterocycles. The quantitative estimate of drug-likeness (QED) is 0.371.